The predicted octanol–water partition coefficient (Wildman–Crippen LogP) is 2.51. The Bertz CT molecular complexity index is 987. The van der Waals surface area contributed by atoms with Crippen LogP contribution >= 0.6 is 0 Å². The van der Waals surface area contributed by atoms with Gasteiger partial charge in [-0.15, -0.1) is 0 Å². The molecule has 2 aromatic carbocycles. The van der Waals surface area contributed by atoms with Crippen LogP contribution in [-0.2, 0) is 12.8 Å². The highest BCUT2D eigenvalue weighted by Gasteiger charge is 2.23. The molecule has 6 heteroatoms. The zero-order chi connectivity index (χ0) is 18.1. The Labute approximate surface area is 151 Å². The normalized spacial score (nSPS) is 16.1. The highest BCUT2D eigenvalue weighted by atomic mass is 16.5. The number of fused-ring (bicyclic) bond motifs is 2. The van der Waals surface area contributed by atoms with Gasteiger partial charge in [-0.3, -0.25) is 4.79 Å². The van der Waals surface area contributed by atoms with Crippen LogP contribution in [0.2, 0.25) is 0 Å². The number of hydrogen-bond acceptors (Lipinski definition) is 5. The summed E-state index contributed by atoms with van der Waals surface area (Å²) >= 11 is 0. The number of nitrogen functional groups attached to an aromatic ring is 1. The van der Waals surface area contributed by atoms with Crippen LogP contribution in [0, 0.1) is 0 Å². The van der Waals surface area contributed by atoms with E-state index in [0.717, 1.165) is 19.3 Å². The topological polar surface area (TPSA) is 90.1 Å². The van der Waals surface area contributed by atoms with Crippen molar-refractivity contribution in [2.24, 2.45) is 0 Å². The van der Waals surface area contributed by atoms with Crippen LogP contribution in [0.25, 0.3) is 10.9 Å². The zero-order valence-electron chi connectivity index (χ0n) is 14.5. The van der Waals surface area contributed by atoms with Crippen LogP contribution in [0.5, 0.6) is 5.75 Å². The van der Waals surface area contributed by atoms with Gasteiger partial charge in [0.1, 0.15) is 17.0 Å². The molecule has 1 aliphatic rings. The molecule has 1 amide bonds. The SMILES string of the molecule is COc1cccc2c(C(=O)N[C@@H]3CCc4ccccc4C3)nc(N)nc12. The van der Waals surface area contributed by atoms with Crippen LogP contribution in [0.3, 0.4) is 0 Å². The molecule has 0 radical (unpaired) electrons. The molecule has 1 atom stereocenters. The van der Waals surface area contributed by atoms with Crippen molar-refractivity contribution >= 4 is 22.8 Å². The van der Waals surface area contributed by atoms with Crippen molar-refractivity contribution in [3.8, 4) is 5.75 Å². The lowest BCUT2D eigenvalue weighted by molar-refractivity contribution is 0.0930. The third-order valence-corrected chi connectivity index (χ3v) is 4.82. The first-order chi connectivity index (χ1) is 12.7. The number of aryl methyl sites for hydroxylation is 1. The van der Waals surface area contributed by atoms with E-state index in [1.807, 2.05) is 18.2 Å². The van der Waals surface area contributed by atoms with Gasteiger partial charge in [-0.25, -0.2) is 9.97 Å². The van der Waals surface area contributed by atoms with Crippen LogP contribution in [-0.4, -0.2) is 29.0 Å². The van der Waals surface area contributed by atoms with E-state index < -0.39 is 0 Å². The van der Waals surface area contributed by atoms with Gasteiger partial charge < -0.3 is 15.8 Å². The van der Waals surface area contributed by atoms with Crippen molar-refractivity contribution in [3.63, 3.8) is 0 Å². The quantitative estimate of drug-likeness (QED) is 0.759. The zero-order valence-corrected chi connectivity index (χ0v) is 14.5. The third-order valence-electron chi connectivity index (χ3n) is 4.82. The molecule has 1 aromatic heterocycles. The number of amides is 1. The summed E-state index contributed by atoms with van der Waals surface area (Å²) in [6, 6.07) is 13.9. The fourth-order valence-corrected chi connectivity index (χ4v) is 3.56. The average Bonchev–Trinajstić information content (AvgIpc) is 2.66. The van der Waals surface area contributed by atoms with Gasteiger partial charge in [0.05, 0.1) is 7.11 Å². The standard InChI is InChI=1S/C20H20N4O2/c1-26-16-8-4-7-15-17(16)23-20(21)24-18(15)19(25)22-14-10-9-12-5-2-3-6-13(12)11-14/h2-8,14H,9-11H2,1H3,(H,22,25)(H2,21,23,24)/t14-/m1/s1. The van der Waals surface area contributed by atoms with Gasteiger partial charge in [0.2, 0.25) is 5.95 Å². The van der Waals surface area contributed by atoms with Crippen molar-refractivity contribution in [2.45, 2.75) is 25.3 Å². The maximum absolute atomic E-state index is 12.9. The molecule has 3 aromatic rings. The van der Waals surface area contributed by atoms with Crippen LogP contribution in [0.4, 0.5) is 5.95 Å². The minimum atomic E-state index is -0.235. The third kappa shape index (κ3) is 2.94. The molecule has 0 aliphatic heterocycles. The highest BCUT2D eigenvalue weighted by molar-refractivity contribution is 6.06. The lowest BCUT2D eigenvalue weighted by Gasteiger charge is -2.25. The predicted molar refractivity (Wildman–Crippen MR) is 100 cm³/mol. The number of methoxy groups -OCH3 is 1. The number of aromatic nitrogens is 2. The summed E-state index contributed by atoms with van der Waals surface area (Å²) in [5.41, 5.74) is 9.30. The summed E-state index contributed by atoms with van der Waals surface area (Å²) in [6.07, 6.45) is 2.69. The molecule has 132 valence electrons. The Kier molecular flexibility index (Phi) is 4.16. The molecular formula is C20H20N4O2. The summed E-state index contributed by atoms with van der Waals surface area (Å²) in [6.45, 7) is 0. The summed E-state index contributed by atoms with van der Waals surface area (Å²) in [4.78, 5) is 21.3. The Morgan fingerprint density at radius 1 is 1.15 bits per heavy atom. The van der Waals surface area contributed by atoms with E-state index in [1.54, 1.807) is 13.2 Å². The molecule has 26 heavy (non-hydrogen) atoms. The molecule has 4 rings (SSSR count). The van der Waals surface area contributed by atoms with Gasteiger partial charge in [0, 0.05) is 11.4 Å². The number of ether oxygens (including phenoxy) is 1. The monoisotopic (exact) mass is 348 g/mol. The van der Waals surface area contributed by atoms with E-state index in [9.17, 15) is 4.79 Å². The smallest absolute Gasteiger partial charge is 0.270 e. The maximum atomic E-state index is 12.9. The number of nitrogens with zero attached hydrogens (tertiary/aromatic N) is 2. The van der Waals surface area contributed by atoms with Gasteiger partial charge in [0.25, 0.3) is 5.91 Å². The average molecular weight is 348 g/mol. The molecule has 6 nitrogen and oxygen atoms in total. The molecule has 1 aliphatic carbocycles. The number of anilines is 1. The number of nitrogens with two attached hydrogens (primary N) is 1. The van der Waals surface area contributed by atoms with E-state index in [0.29, 0.717) is 16.7 Å². The molecule has 1 heterocycles. The number of para-hydroxylation sites is 1. The highest BCUT2D eigenvalue weighted by Crippen LogP contribution is 2.27. The number of rotatable bonds is 3. The lowest BCUT2D eigenvalue weighted by atomic mass is 9.88. The van der Waals surface area contributed by atoms with Crippen LogP contribution in [0.1, 0.15) is 28.0 Å². The Hall–Kier alpha value is -3.15. The van der Waals surface area contributed by atoms with Crippen LogP contribution in [0.15, 0.2) is 42.5 Å². The second-order valence-corrected chi connectivity index (χ2v) is 6.47. The van der Waals surface area contributed by atoms with E-state index in [2.05, 4.69) is 33.5 Å². The van der Waals surface area contributed by atoms with Crippen molar-refractivity contribution in [2.75, 3.05) is 12.8 Å². The first-order valence-electron chi connectivity index (χ1n) is 8.63. The van der Waals surface area contributed by atoms with Gasteiger partial charge in [0.15, 0.2) is 0 Å². The molecule has 0 saturated carbocycles. The minimum absolute atomic E-state index is 0.0566. The van der Waals surface area contributed by atoms with Gasteiger partial charge in [-0.2, -0.15) is 0 Å². The number of carbonyl (C=O) groups excluding carboxylic acids is 1. The largest absolute Gasteiger partial charge is 0.494 e. The molecule has 0 unspecified atom stereocenters. The molecule has 0 bridgehead atoms. The number of benzene rings is 2. The summed E-state index contributed by atoms with van der Waals surface area (Å²) in [5.74, 6) is 0.389. The molecule has 3 N–H and O–H groups in total. The summed E-state index contributed by atoms with van der Waals surface area (Å²) in [5, 5.41) is 3.74. The van der Waals surface area contributed by atoms with E-state index in [1.165, 1.54) is 11.1 Å². The first kappa shape index (κ1) is 16.3. The van der Waals surface area contributed by atoms with E-state index in [-0.39, 0.29) is 23.6 Å². The van der Waals surface area contributed by atoms with Crippen molar-refractivity contribution in [1.29, 1.82) is 0 Å². The Balaban J connectivity index is 1.63. The summed E-state index contributed by atoms with van der Waals surface area (Å²) in [7, 11) is 1.56. The lowest BCUT2D eigenvalue weighted by Crippen LogP contribution is -2.39. The van der Waals surface area contributed by atoms with E-state index >= 15 is 0 Å². The van der Waals surface area contributed by atoms with Gasteiger partial charge in [-0.1, -0.05) is 36.4 Å². The van der Waals surface area contributed by atoms with E-state index in [4.69, 9.17) is 10.5 Å². The maximum Gasteiger partial charge on any atom is 0.270 e. The second-order valence-electron chi connectivity index (χ2n) is 6.47. The first-order valence-corrected chi connectivity index (χ1v) is 8.63. The number of carbonyl (C=O) groups is 1. The van der Waals surface area contributed by atoms with Crippen molar-refractivity contribution in [3.05, 3.63) is 59.3 Å². The number of hydrogen-bond donors (Lipinski definition) is 2. The second kappa shape index (κ2) is 6.63. The molecule has 0 saturated heterocycles. The van der Waals surface area contributed by atoms with Gasteiger partial charge >= 0.3 is 0 Å². The molecule has 0 spiro atoms. The Morgan fingerprint density at radius 3 is 2.77 bits per heavy atom. The fraction of sp³-hybridized carbons (Fsp3) is 0.250. The number of nitrogens with one attached hydrogen (secondary N) is 1. The van der Waals surface area contributed by atoms with Crippen molar-refractivity contribution in [1.82, 2.24) is 15.3 Å². The molecule has 0 fully saturated rings. The minimum Gasteiger partial charge on any atom is -0.494 e. The molecular weight excluding hydrogens is 328 g/mol. The fourth-order valence-electron chi connectivity index (χ4n) is 3.56. The Morgan fingerprint density at radius 2 is 1.96 bits per heavy atom. The summed E-state index contributed by atoms with van der Waals surface area (Å²) < 4.78 is 5.33. The van der Waals surface area contributed by atoms with Crippen LogP contribution < -0.4 is 15.8 Å². The van der Waals surface area contributed by atoms with Gasteiger partial charge in [-0.05, 0) is 36.5 Å². The van der Waals surface area contributed by atoms with Crippen molar-refractivity contribution < 1.29 is 9.53 Å².